The number of benzene rings is 1. The van der Waals surface area contributed by atoms with E-state index in [2.05, 4.69) is 87.6 Å². The molecule has 1 aliphatic heterocycles. The van der Waals surface area contributed by atoms with Crippen molar-refractivity contribution in [2.24, 2.45) is 18.0 Å². The number of rotatable bonds is 9. The Morgan fingerprint density at radius 3 is 2.87 bits per heavy atom. The molecule has 168 valence electrons. The number of fused-ring (bicyclic) bond motifs is 3. The second kappa shape index (κ2) is 9.73. The minimum absolute atomic E-state index is 0.693. The van der Waals surface area contributed by atoms with Gasteiger partial charge in [0.05, 0.1) is 0 Å². The summed E-state index contributed by atoms with van der Waals surface area (Å²) in [7, 11) is 6.41. The number of aryl methyl sites for hydroxylation is 2. The first kappa shape index (κ1) is 22.3. The summed E-state index contributed by atoms with van der Waals surface area (Å²) in [4.78, 5) is 13.8. The van der Waals surface area contributed by atoms with Gasteiger partial charge in [-0.3, -0.25) is 0 Å². The van der Waals surface area contributed by atoms with Gasteiger partial charge >= 0.3 is 194 Å². The summed E-state index contributed by atoms with van der Waals surface area (Å²) >= 11 is -1.02. The van der Waals surface area contributed by atoms with Gasteiger partial charge in [0.25, 0.3) is 0 Å². The Labute approximate surface area is 193 Å². The fraction of sp³-hybridized carbons (Fsp3) is 0.500. The van der Waals surface area contributed by atoms with Crippen LogP contribution in [0.5, 0.6) is 0 Å². The van der Waals surface area contributed by atoms with Gasteiger partial charge < -0.3 is 0 Å². The molecule has 1 N–H and O–H groups in total. The molecular weight excluding hydrogens is 499 g/mol. The van der Waals surface area contributed by atoms with Crippen molar-refractivity contribution in [2.45, 2.75) is 23.8 Å². The van der Waals surface area contributed by atoms with Crippen LogP contribution in [0.15, 0.2) is 35.5 Å². The molecule has 2 aromatic heterocycles. The molecule has 31 heavy (non-hydrogen) atoms. The van der Waals surface area contributed by atoms with Crippen molar-refractivity contribution in [1.29, 1.82) is 0 Å². The molecule has 0 saturated heterocycles. The van der Waals surface area contributed by atoms with E-state index in [0.717, 1.165) is 43.9 Å². The topological polar surface area (TPSA) is 50.4 Å². The number of aliphatic imine (C=N–C) groups is 1. The van der Waals surface area contributed by atoms with E-state index in [1.807, 2.05) is 0 Å². The number of anilines is 1. The van der Waals surface area contributed by atoms with E-state index in [4.69, 9.17) is 4.98 Å². The standard InChI is InChI=1S/C24H35IN6/c1-25(16-19-8-6-12-30(19)5)15-18-14-20-21(27-17-18)9-10-22-23(20)31(24(26-2)28-22)13-7-11-29(3)4/h6,8-10,12,18,27H,2,7,11,13-17H2,1,3-5H3. The number of hydrogen-bond acceptors (Lipinski definition) is 4. The average molecular weight is 534 g/mol. The van der Waals surface area contributed by atoms with Crippen LogP contribution >= 0.6 is 19.8 Å². The van der Waals surface area contributed by atoms with Crippen LogP contribution in [0.25, 0.3) is 11.0 Å². The molecule has 7 heteroatoms. The molecule has 1 unspecified atom stereocenters. The summed E-state index contributed by atoms with van der Waals surface area (Å²) in [6.07, 6.45) is 4.37. The van der Waals surface area contributed by atoms with Crippen molar-refractivity contribution < 1.29 is 0 Å². The van der Waals surface area contributed by atoms with Crippen LogP contribution in [-0.4, -0.2) is 62.3 Å². The van der Waals surface area contributed by atoms with E-state index in [9.17, 15) is 0 Å². The molecule has 0 aliphatic carbocycles. The zero-order valence-electron chi connectivity index (χ0n) is 19.2. The number of nitrogens with zero attached hydrogens (tertiary/aromatic N) is 5. The van der Waals surface area contributed by atoms with Gasteiger partial charge in [0.15, 0.2) is 0 Å². The summed E-state index contributed by atoms with van der Waals surface area (Å²) in [6.45, 7) is 6.83. The second-order valence-electron chi connectivity index (χ2n) is 8.91. The average Bonchev–Trinajstić information content (AvgIpc) is 3.31. The van der Waals surface area contributed by atoms with Gasteiger partial charge in [-0.2, -0.15) is 0 Å². The van der Waals surface area contributed by atoms with Crippen molar-refractivity contribution in [3.8, 4) is 0 Å². The van der Waals surface area contributed by atoms with Crippen molar-refractivity contribution in [3.05, 3.63) is 41.7 Å². The van der Waals surface area contributed by atoms with Gasteiger partial charge in [0, 0.05) is 0 Å². The zero-order valence-corrected chi connectivity index (χ0v) is 21.4. The Morgan fingerprint density at radius 2 is 2.16 bits per heavy atom. The predicted molar refractivity (Wildman–Crippen MR) is 142 cm³/mol. The first-order chi connectivity index (χ1) is 15.0. The normalized spacial score (nSPS) is 16.4. The van der Waals surface area contributed by atoms with Crippen LogP contribution in [0.2, 0.25) is 0 Å². The Hall–Kier alpha value is -1.87. The van der Waals surface area contributed by atoms with Crippen LogP contribution < -0.4 is 5.32 Å². The molecular formula is C24H35IN6. The van der Waals surface area contributed by atoms with Crippen LogP contribution in [-0.2, 0) is 24.4 Å². The number of aromatic nitrogens is 3. The molecule has 0 spiro atoms. The molecule has 0 amide bonds. The van der Waals surface area contributed by atoms with Crippen LogP contribution in [0.1, 0.15) is 17.7 Å². The van der Waals surface area contributed by atoms with Crippen molar-refractivity contribution in [3.63, 3.8) is 0 Å². The molecule has 1 atom stereocenters. The summed E-state index contributed by atoms with van der Waals surface area (Å²) in [5.74, 6) is 1.44. The van der Waals surface area contributed by atoms with Crippen LogP contribution in [0.4, 0.5) is 11.6 Å². The quantitative estimate of drug-likeness (QED) is 0.249. The molecule has 0 saturated carbocycles. The molecule has 4 rings (SSSR count). The van der Waals surface area contributed by atoms with E-state index in [1.54, 1.807) is 0 Å². The van der Waals surface area contributed by atoms with Gasteiger partial charge in [0.2, 0.25) is 0 Å². The Bertz CT molecular complexity index is 1050. The first-order valence-corrected chi connectivity index (χ1v) is 16.2. The maximum absolute atomic E-state index is 4.78. The number of hydrogen-bond donors (Lipinski definition) is 1. The third-order valence-corrected chi connectivity index (χ3v) is 10.9. The monoisotopic (exact) mass is 534 g/mol. The molecule has 0 radical (unpaired) electrons. The third-order valence-electron chi connectivity index (χ3n) is 6.09. The zero-order chi connectivity index (χ0) is 22.0. The third kappa shape index (κ3) is 4.98. The van der Waals surface area contributed by atoms with Gasteiger partial charge in [-0.15, -0.1) is 0 Å². The molecule has 1 aromatic carbocycles. The summed E-state index contributed by atoms with van der Waals surface area (Å²) in [6, 6.07) is 8.77. The molecule has 0 bridgehead atoms. The molecule has 6 nitrogen and oxygen atoms in total. The fourth-order valence-corrected chi connectivity index (χ4v) is 9.74. The number of imidazole rings is 1. The van der Waals surface area contributed by atoms with Crippen LogP contribution in [0.3, 0.4) is 0 Å². The number of alkyl halides is 3. The Balaban J connectivity index is 1.56. The van der Waals surface area contributed by atoms with Gasteiger partial charge in [0.1, 0.15) is 0 Å². The van der Waals surface area contributed by atoms with Gasteiger partial charge in [-0.05, 0) is 0 Å². The Morgan fingerprint density at radius 1 is 1.32 bits per heavy atom. The van der Waals surface area contributed by atoms with E-state index in [1.165, 1.54) is 31.3 Å². The van der Waals surface area contributed by atoms with Gasteiger partial charge in [-0.25, -0.2) is 0 Å². The van der Waals surface area contributed by atoms with Crippen molar-refractivity contribution >= 4 is 49.2 Å². The molecule has 0 fully saturated rings. The van der Waals surface area contributed by atoms with E-state index in [-0.39, 0.29) is 0 Å². The Kier molecular flexibility index (Phi) is 7.01. The predicted octanol–water partition coefficient (Wildman–Crippen LogP) is 4.58. The van der Waals surface area contributed by atoms with E-state index >= 15 is 0 Å². The summed E-state index contributed by atoms with van der Waals surface area (Å²) in [5.41, 5.74) is 6.48. The van der Waals surface area contributed by atoms with Gasteiger partial charge in [-0.1, -0.05) is 0 Å². The maximum atomic E-state index is 4.78. The minimum atomic E-state index is -1.02. The number of halogens is 1. The van der Waals surface area contributed by atoms with E-state index in [0.29, 0.717) is 5.92 Å². The molecule has 3 heterocycles. The summed E-state index contributed by atoms with van der Waals surface area (Å²) in [5, 5.41) is 3.73. The SMILES string of the molecule is C=Nc1nc2ccc3c(c2n1CCCN(C)C)CC(CI(C)Cc1cccn1C)CN3. The van der Waals surface area contributed by atoms with E-state index < -0.39 is 19.8 Å². The van der Waals surface area contributed by atoms with Crippen LogP contribution in [0, 0.1) is 5.92 Å². The van der Waals surface area contributed by atoms with Crippen molar-refractivity contribution in [1.82, 2.24) is 19.0 Å². The van der Waals surface area contributed by atoms with Crippen molar-refractivity contribution in [2.75, 3.05) is 41.9 Å². The summed E-state index contributed by atoms with van der Waals surface area (Å²) < 4.78 is 7.23. The molecule has 3 aromatic rings. The fourth-order valence-electron chi connectivity index (χ4n) is 4.55. The molecule has 1 aliphatic rings. The number of nitrogens with one attached hydrogen (secondary N) is 1. The second-order valence-corrected chi connectivity index (χ2v) is 14.7. The first-order valence-electron chi connectivity index (χ1n) is 11.0.